The molecular weight excluding hydrogens is 354 g/mol. The third kappa shape index (κ3) is 4.67. The Hall–Kier alpha value is -2.92. The minimum absolute atomic E-state index is 0.00132. The molecule has 0 heterocycles. The highest BCUT2D eigenvalue weighted by Crippen LogP contribution is 2.44. The zero-order valence-corrected chi connectivity index (χ0v) is 16.0. The van der Waals surface area contributed by atoms with Crippen molar-refractivity contribution in [3.8, 4) is 11.1 Å². The molecule has 0 aromatic heterocycles. The predicted molar refractivity (Wildman–Crippen MR) is 108 cm³/mol. The number of fused-ring (bicyclic) bond motifs is 3. The molecule has 2 aromatic rings. The van der Waals surface area contributed by atoms with Gasteiger partial charge in [-0.3, -0.25) is 4.79 Å². The van der Waals surface area contributed by atoms with Crippen LogP contribution in [-0.4, -0.2) is 37.7 Å². The van der Waals surface area contributed by atoms with E-state index in [0.717, 1.165) is 11.1 Å². The van der Waals surface area contributed by atoms with E-state index < -0.39 is 12.1 Å². The first kappa shape index (κ1) is 19.8. The fraction of sp³-hybridized carbons (Fsp3) is 0.304. The van der Waals surface area contributed by atoms with Crippen LogP contribution in [0.2, 0.25) is 0 Å². The van der Waals surface area contributed by atoms with E-state index in [2.05, 4.69) is 36.2 Å². The van der Waals surface area contributed by atoms with Crippen LogP contribution in [-0.2, 0) is 14.3 Å². The maximum Gasteiger partial charge on any atom is 0.407 e. The second kappa shape index (κ2) is 9.33. The van der Waals surface area contributed by atoms with Crippen molar-refractivity contribution in [1.82, 2.24) is 5.32 Å². The highest BCUT2D eigenvalue weighted by molar-refractivity contribution is 5.79. The third-order valence-electron chi connectivity index (χ3n) is 4.75. The van der Waals surface area contributed by atoms with Gasteiger partial charge in [0.2, 0.25) is 0 Å². The van der Waals surface area contributed by atoms with E-state index in [1.807, 2.05) is 24.3 Å². The van der Waals surface area contributed by atoms with Crippen molar-refractivity contribution in [2.45, 2.75) is 25.3 Å². The van der Waals surface area contributed by atoms with Gasteiger partial charge >= 0.3 is 6.09 Å². The fourth-order valence-electron chi connectivity index (χ4n) is 3.60. The van der Waals surface area contributed by atoms with Crippen molar-refractivity contribution in [2.75, 3.05) is 19.8 Å². The number of nitrogens with one attached hydrogen (secondary N) is 1. The van der Waals surface area contributed by atoms with Gasteiger partial charge in [-0.15, -0.1) is 6.58 Å². The zero-order chi connectivity index (χ0) is 19.9. The van der Waals surface area contributed by atoms with Crippen LogP contribution < -0.4 is 5.32 Å². The molecule has 28 heavy (non-hydrogen) atoms. The summed E-state index contributed by atoms with van der Waals surface area (Å²) < 4.78 is 10.9. The number of carbonyl (C=O) groups excluding carboxylic acids is 2. The molecule has 0 spiro atoms. The zero-order valence-electron chi connectivity index (χ0n) is 16.0. The summed E-state index contributed by atoms with van der Waals surface area (Å²) in [5.74, 6) is -0.0208. The van der Waals surface area contributed by atoms with Crippen LogP contribution in [0, 0.1) is 0 Å². The first-order valence-corrected chi connectivity index (χ1v) is 9.39. The number of rotatable bonds is 9. The monoisotopic (exact) mass is 379 g/mol. The van der Waals surface area contributed by atoms with E-state index in [0.29, 0.717) is 6.61 Å². The molecule has 5 nitrogen and oxygen atoms in total. The minimum Gasteiger partial charge on any atom is -0.449 e. The van der Waals surface area contributed by atoms with Crippen LogP contribution in [0.25, 0.3) is 11.1 Å². The summed E-state index contributed by atoms with van der Waals surface area (Å²) in [7, 11) is 0. The molecule has 1 atom stereocenters. The van der Waals surface area contributed by atoms with Crippen LogP contribution >= 0.6 is 0 Å². The van der Waals surface area contributed by atoms with Crippen LogP contribution in [0.4, 0.5) is 4.79 Å². The first-order valence-electron chi connectivity index (χ1n) is 9.39. The molecule has 0 fully saturated rings. The normalized spacial score (nSPS) is 13.3. The van der Waals surface area contributed by atoms with E-state index in [4.69, 9.17) is 9.47 Å². The lowest BCUT2D eigenvalue weighted by molar-refractivity contribution is -0.117. The second-order valence-corrected chi connectivity index (χ2v) is 6.90. The molecule has 3 rings (SSSR count). The molecule has 1 aliphatic rings. The van der Waals surface area contributed by atoms with Gasteiger partial charge in [-0.25, -0.2) is 4.79 Å². The van der Waals surface area contributed by atoms with Gasteiger partial charge in [-0.05, 0) is 29.2 Å². The van der Waals surface area contributed by atoms with Crippen molar-refractivity contribution in [2.24, 2.45) is 0 Å². The van der Waals surface area contributed by atoms with E-state index >= 15 is 0 Å². The highest BCUT2D eigenvalue weighted by atomic mass is 16.5. The summed E-state index contributed by atoms with van der Waals surface area (Å²) in [6.45, 7) is 5.90. The highest BCUT2D eigenvalue weighted by Gasteiger charge is 2.29. The first-order chi connectivity index (χ1) is 13.6. The summed E-state index contributed by atoms with van der Waals surface area (Å²) in [4.78, 5) is 23.8. The Morgan fingerprint density at radius 2 is 1.71 bits per heavy atom. The Kier molecular flexibility index (Phi) is 6.61. The molecule has 1 amide bonds. The Morgan fingerprint density at radius 3 is 2.29 bits per heavy atom. The topological polar surface area (TPSA) is 64.6 Å². The van der Waals surface area contributed by atoms with Crippen LogP contribution in [0.3, 0.4) is 0 Å². The van der Waals surface area contributed by atoms with E-state index in [-0.39, 0.29) is 31.3 Å². The fourth-order valence-corrected chi connectivity index (χ4v) is 3.60. The van der Waals surface area contributed by atoms with Crippen LogP contribution in [0.1, 0.15) is 30.4 Å². The summed E-state index contributed by atoms with van der Waals surface area (Å²) in [6.07, 6.45) is 1.27. The van der Waals surface area contributed by atoms with Gasteiger partial charge in [0.05, 0.1) is 19.3 Å². The van der Waals surface area contributed by atoms with Crippen LogP contribution in [0.15, 0.2) is 61.2 Å². The summed E-state index contributed by atoms with van der Waals surface area (Å²) in [6, 6.07) is 15.9. The van der Waals surface area contributed by atoms with Crippen molar-refractivity contribution in [1.29, 1.82) is 0 Å². The van der Waals surface area contributed by atoms with Gasteiger partial charge in [0.15, 0.2) is 0 Å². The lowest BCUT2D eigenvalue weighted by Gasteiger charge is -2.19. The van der Waals surface area contributed by atoms with Gasteiger partial charge in [-0.1, -0.05) is 54.6 Å². The van der Waals surface area contributed by atoms with Gasteiger partial charge in [0.25, 0.3) is 0 Å². The van der Waals surface area contributed by atoms with Crippen molar-refractivity contribution in [3.05, 3.63) is 72.3 Å². The molecule has 2 aromatic carbocycles. The number of hydrogen-bond donors (Lipinski definition) is 1. The van der Waals surface area contributed by atoms with Crippen molar-refractivity contribution < 1.29 is 19.1 Å². The summed E-state index contributed by atoms with van der Waals surface area (Å²) in [5, 5.41) is 2.74. The Balaban J connectivity index is 1.63. The van der Waals surface area contributed by atoms with Gasteiger partial charge < -0.3 is 14.8 Å². The average molecular weight is 379 g/mol. The molecule has 0 aliphatic heterocycles. The molecule has 1 aliphatic carbocycles. The predicted octanol–water partition coefficient (Wildman–Crippen LogP) is 4.08. The van der Waals surface area contributed by atoms with Gasteiger partial charge in [-0.2, -0.15) is 0 Å². The largest absolute Gasteiger partial charge is 0.449 e. The number of Topliss-reactive ketones (excluding diaryl/α,β-unsaturated/α-hetero) is 1. The summed E-state index contributed by atoms with van der Waals surface area (Å²) in [5.41, 5.74) is 4.68. The number of benzene rings is 2. The summed E-state index contributed by atoms with van der Waals surface area (Å²) >= 11 is 0. The molecule has 1 unspecified atom stereocenters. The van der Waals surface area contributed by atoms with Gasteiger partial charge in [0.1, 0.15) is 12.4 Å². The SMILES string of the molecule is C=CCOCC(CC(C)=O)NC(=O)OCC1c2ccccc2-c2ccccc21. The van der Waals surface area contributed by atoms with Crippen molar-refractivity contribution >= 4 is 11.9 Å². The number of alkyl carbamates (subject to hydrolysis) is 1. The molecule has 0 bridgehead atoms. The molecular formula is C23H25NO4. The maximum atomic E-state index is 12.3. The molecule has 0 radical (unpaired) electrons. The standard InChI is InChI=1S/C23H25NO4/c1-3-12-27-14-17(13-16(2)25)24-23(26)28-15-22-20-10-6-4-8-18(20)19-9-5-7-11-21(19)22/h3-11,17,22H,1,12-15H2,2H3,(H,24,26). The third-order valence-corrected chi connectivity index (χ3v) is 4.75. The lowest BCUT2D eigenvalue weighted by Crippen LogP contribution is -2.40. The second-order valence-electron chi connectivity index (χ2n) is 6.90. The number of hydrogen-bond acceptors (Lipinski definition) is 4. The number of carbonyl (C=O) groups is 2. The number of ether oxygens (including phenoxy) is 2. The maximum absolute atomic E-state index is 12.3. The quantitative estimate of drug-likeness (QED) is 0.527. The average Bonchev–Trinajstić information content (AvgIpc) is 3.00. The Bertz CT molecular complexity index is 816. The Labute approximate surface area is 165 Å². The lowest BCUT2D eigenvalue weighted by atomic mass is 9.98. The van der Waals surface area contributed by atoms with Crippen molar-refractivity contribution in [3.63, 3.8) is 0 Å². The van der Waals surface area contributed by atoms with Crippen LogP contribution in [0.5, 0.6) is 0 Å². The number of amides is 1. The van der Waals surface area contributed by atoms with Gasteiger partial charge in [0, 0.05) is 12.3 Å². The molecule has 0 saturated carbocycles. The molecule has 1 N–H and O–H groups in total. The molecule has 0 saturated heterocycles. The molecule has 146 valence electrons. The van der Waals surface area contributed by atoms with E-state index in [9.17, 15) is 9.59 Å². The van der Waals surface area contributed by atoms with E-state index in [1.165, 1.54) is 18.1 Å². The van der Waals surface area contributed by atoms with E-state index in [1.54, 1.807) is 6.08 Å². The number of ketones is 1. The minimum atomic E-state index is -0.546. The molecule has 5 heteroatoms. The Morgan fingerprint density at radius 1 is 1.11 bits per heavy atom. The smallest absolute Gasteiger partial charge is 0.407 e.